The van der Waals surface area contributed by atoms with Crippen molar-refractivity contribution >= 4 is 28.9 Å². The van der Waals surface area contributed by atoms with Gasteiger partial charge in [-0.2, -0.15) is 0 Å². The van der Waals surface area contributed by atoms with Gasteiger partial charge in [0.1, 0.15) is 0 Å². The summed E-state index contributed by atoms with van der Waals surface area (Å²) in [5.41, 5.74) is -1.63. The molecule has 1 saturated carbocycles. The Morgan fingerprint density at radius 3 is 2.21 bits per heavy atom. The zero-order valence-corrected chi connectivity index (χ0v) is 10.2. The highest BCUT2D eigenvalue weighted by Crippen LogP contribution is 2.33. The lowest BCUT2D eigenvalue weighted by Gasteiger charge is -2.05. The Morgan fingerprint density at radius 1 is 1.21 bits per heavy atom. The maximum Gasteiger partial charge on any atom is 0.347 e. The molecule has 1 aromatic rings. The third kappa shape index (κ3) is 2.79. The fourth-order valence-corrected chi connectivity index (χ4v) is 1.75. The van der Waals surface area contributed by atoms with Crippen LogP contribution < -0.4 is 5.32 Å². The lowest BCUT2D eigenvalue weighted by Crippen LogP contribution is -2.25. The Kier molecular flexibility index (Phi) is 3.34. The fraction of sp³-hybridized carbons (Fsp3) is 0.300. The number of carbonyl (C=O) groups is 1. The van der Waals surface area contributed by atoms with Crippen molar-refractivity contribution in [2.45, 2.75) is 18.9 Å². The van der Waals surface area contributed by atoms with Gasteiger partial charge in [-0.05, 0) is 12.8 Å². The molecule has 0 heterocycles. The van der Waals surface area contributed by atoms with E-state index in [-0.39, 0.29) is 16.6 Å². The molecule has 0 aliphatic heterocycles. The van der Waals surface area contributed by atoms with Gasteiger partial charge in [-0.25, -0.2) is 0 Å². The number of hydrogen-bond acceptors (Lipinski definition) is 5. The zero-order chi connectivity index (χ0) is 14.2. The molecule has 0 atom stereocenters. The van der Waals surface area contributed by atoms with Gasteiger partial charge in [0.15, 0.2) is 0 Å². The summed E-state index contributed by atoms with van der Waals surface area (Å²) < 4.78 is 0. The van der Waals surface area contributed by atoms with Gasteiger partial charge in [-0.15, -0.1) is 0 Å². The quantitative estimate of drug-likeness (QED) is 0.671. The van der Waals surface area contributed by atoms with Crippen molar-refractivity contribution in [1.82, 2.24) is 5.32 Å². The van der Waals surface area contributed by atoms with Crippen LogP contribution in [0.15, 0.2) is 12.1 Å². The lowest BCUT2D eigenvalue weighted by molar-refractivity contribution is -0.422. The van der Waals surface area contributed by atoms with Crippen LogP contribution in [0.3, 0.4) is 0 Å². The molecule has 0 aromatic heterocycles. The summed E-state index contributed by atoms with van der Waals surface area (Å²) in [6, 6.07) is 1.71. The Balaban J connectivity index is 2.44. The average Bonchev–Trinajstić information content (AvgIpc) is 3.11. The third-order valence-electron chi connectivity index (χ3n) is 2.61. The highest BCUT2D eigenvalue weighted by atomic mass is 35.5. The van der Waals surface area contributed by atoms with Crippen LogP contribution >= 0.6 is 11.6 Å². The summed E-state index contributed by atoms with van der Waals surface area (Å²) >= 11 is 5.76. The first-order valence-corrected chi connectivity index (χ1v) is 5.71. The van der Waals surface area contributed by atoms with Gasteiger partial charge in [-0.1, -0.05) is 11.6 Å². The van der Waals surface area contributed by atoms with Crippen molar-refractivity contribution in [1.29, 1.82) is 0 Å². The molecule has 1 fully saturated rings. The SMILES string of the molecule is O=C(NC1CC1)c1cc([N+](=O)[O-])c([N+](=O)[O-])cc1Cl. The van der Waals surface area contributed by atoms with Crippen LogP contribution in [0.4, 0.5) is 11.4 Å². The molecular weight excluding hydrogens is 278 g/mol. The molecule has 0 bridgehead atoms. The first kappa shape index (κ1) is 13.2. The van der Waals surface area contributed by atoms with E-state index in [1.807, 2.05) is 0 Å². The summed E-state index contributed by atoms with van der Waals surface area (Å²) in [6.45, 7) is 0. The van der Waals surface area contributed by atoms with E-state index in [1.54, 1.807) is 0 Å². The molecule has 1 aromatic carbocycles. The van der Waals surface area contributed by atoms with E-state index < -0.39 is 27.1 Å². The molecule has 1 N–H and O–H groups in total. The van der Waals surface area contributed by atoms with Crippen molar-refractivity contribution in [2.24, 2.45) is 0 Å². The number of halogens is 1. The Labute approximate surface area is 111 Å². The van der Waals surface area contributed by atoms with E-state index in [4.69, 9.17) is 11.6 Å². The summed E-state index contributed by atoms with van der Waals surface area (Å²) in [6.07, 6.45) is 1.69. The fourth-order valence-electron chi connectivity index (χ4n) is 1.51. The largest absolute Gasteiger partial charge is 0.349 e. The van der Waals surface area contributed by atoms with Gasteiger partial charge < -0.3 is 5.32 Å². The molecule has 1 aliphatic rings. The van der Waals surface area contributed by atoms with Crippen LogP contribution in [-0.2, 0) is 0 Å². The molecule has 1 aliphatic carbocycles. The minimum Gasteiger partial charge on any atom is -0.349 e. The van der Waals surface area contributed by atoms with Crippen molar-refractivity contribution in [3.8, 4) is 0 Å². The topological polar surface area (TPSA) is 115 Å². The van der Waals surface area contributed by atoms with Crippen LogP contribution in [0.5, 0.6) is 0 Å². The molecule has 0 saturated heterocycles. The maximum absolute atomic E-state index is 11.8. The third-order valence-corrected chi connectivity index (χ3v) is 2.93. The standard InChI is InChI=1S/C10H8ClN3O5/c11-7-4-9(14(18)19)8(13(16)17)3-6(7)10(15)12-5-1-2-5/h3-5H,1-2H2,(H,12,15). The van der Waals surface area contributed by atoms with Gasteiger partial charge in [0.05, 0.1) is 20.4 Å². The first-order valence-electron chi connectivity index (χ1n) is 5.33. The molecule has 100 valence electrons. The molecule has 1 amide bonds. The Bertz CT molecular complexity index is 585. The number of rotatable bonds is 4. The monoisotopic (exact) mass is 285 g/mol. The second kappa shape index (κ2) is 4.81. The van der Waals surface area contributed by atoms with Gasteiger partial charge in [0, 0.05) is 18.2 Å². The Hall–Kier alpha value is -2.22. The lowest BCUT2D eigenvalue weighted by atomic mass is 10.1. The predicted molar refractivity (Wildman–Crippen MR) is 65.2 cm³/mol. The summed E-state index contributed by atoms with van der Waals surface area (Å²) in [7, 11) is 0. The Morgan fingerprint density at radius 2 is 1.74 bits per heavy atom. The first-order chi connectivity index (χ1) is 8.90. The number of nitro benzene ring substituents is 2. The van der Waals surface area contributed by atoms with Crippen LogP contribution in [0.2, 0.25) is 5.02 Å². The smallest absolute Gasteiger partial charge is 0.347 e. The van der Waals surface area contributed by atoms with Crippen molar-refractivity contribution < 1.29 is 14.6 Å². The van der Waals surface area contributed by atoms with Crippen LogP contribution in [0, 0.1) is 20.2 Å². The van der Waals surface area contributed by atoms with Crippen LogP contribution in [0.25, 0.3) is 0 Å². The zero-order valence-electron chi connectivity index (χ0n) is 9.46. The van der Waals surface area contributed by atoms with E-state index in [0.717, 1.165) is 25.0 Å². The predicted octanol–water partition coefficient (Wildman–Crippen LogP) is 2.05. The number of benzene rings is 1. The van der Waals surface area contributed by atoms with Crippen molar-refractivity contribution in [2.75, 3.05) is 0 Å². The highest BCUT2D eigenvalue weighted by Gasteiger charge is 2.30. The normalized spacial score (nSPS) is 13.9. The minimum atomic E-state index is -0.914. The van der Waals surface area contributed by atoms with Crippen molar-refractivity contribution in [3.05, 3.63) is 42.9 Å². The van der Waals surface area contributed by atoms with Gasteiger partial charge >= 0.3 is 11.4 Å². The molecule has 8 nitrogen and oxygen atoms in total. The second-order valence-electron chi connectivity index (χ2n) is 4.08. The summed E-state index contributed by atoms with van der Waals surface area (Å²) in [4.78, 5) is 31.4. The van der Waals surface area contributed by atoms with Gasteiger partial charge in [0.2, 0.25) is 0 Å². The molecule has 9 heteroatoms. The maximum atomic E-state index is 11.8. The second-order valence-corrected chi connectivity index (χ2v) is 4.49. The number of amides is 1. The number of carbonyl (C=O) groups excluding carboxylic acids is 1. The highest BCUT2D eigenvalue weighted by molar-refractivity contribution is 6.34. The van der Waals surface area contributed by atoms with Gasteiger partial charge in [0.25, 0.3) is 5.91 Å². The van der Waals surface area contributed by atoms with E-state index in [2.05, 4.69) is 5.32 Å². The number of hydrogen-bond donors (Lipinski definition) is 1. The van der Waals surface area contributed by atoms with E-state index in [0.29, 0.717) is 0 Å². The van der Waals surface area contributed by atoms with Crippen molar-refractivity contribution in [3.63, 3.8) is 0 Å². The molecule has 0 spiro atoms. The molecule has 2 rings (SSSR count). The molecular formula is C10H8ClN3O5. The number of nitrogens with zero attached hydrogens (tertiary/aromatic N) is 2. The minimum absolute atomic E-state index is 0.0535. The number of nitrogens with one attached hydrogen (secondary N) is 1. The average molecular weight is 286 g/mol. The van der Waals surface area contributed by atoms with Gasteiger partial charge in [-0.3, -0.25) is 25.0 Å². The van der Waals surface area contributed by atoms with E-state index >= 15 is 0 Å². The van der Waals surface area contributed by atoms with Crippen LogP contribution in [-0.4, -0.2) is 21.8 Å². The molecule has 19 heavy (non-hydrogen) atoms. The molecule has 0 unspecified atom stereocenters. The summed E-state index contributed by atoms with van der Waals surface area (Å²) in [5.74, 6) is -0.564. The molecule has 0 radical (unpaired) electrons. The van der Waals surface area contributed by atoms with Crippen LogP contribution in [0.1, 0.15) is 23.2 Å². The summed E-state index contributed by atoms with van der Waals surface area (Å²) in [5, 5.41) is 23.9. The van der Waals surface area contributed by atoms with E-state index in [9.17, 15) is 25.0 Å². The number of nitro groups is 2. The van der Waals surface area contributed by atoms with E-state index in [1.165, 1.54) is 0 Å².